The number of piperidine rings is 1. The average Bonchev–Trinajstić information content (AvgIpc) is 3.18. The molecule has 1 amide bonds. The van der Waals surface area contributed by atoms with Crippen molar-refractivity contribution in [3.8, 4) is 5.75 Å². The number of alkyl halides is 3. The molecular weight excluding hydrogens is 443 g/mol. The molecule has 0 atom stereocenters. The van der Waals surface area contributed by atoms with Gasteiger partial charge in [0.2, 0.25) is 5.91 Å². The molecule has 2 fully saturated rings. The molecule has 34 heavy (non-hydrogen) atoms. The van der Waals surface area contributed by atoms with Gasteiger partial charge in [0, 0.05) is 22.5 Å². The first-order valence-corrected chi connectivity index (χ1v) is 11.7. The van der Waals surface area contributed by atoms with Crippen molar-refractivity contribution in [3.63, 3.8) is 0 Å². The van der Waals surface area contributed by atoms with Gasteiger partial charge in [0.15, 0.2) is 0 Å². The van der Waals surface area contributed by atoms with Gasteiger partial charge in [-0.3, -0.25) is 4.79 Å². The first-order valence-electron chi connectivity index (χ1n) is 11.7. The second-order valence-electron chi connectivity index (χ2n) is 9.70. The summed E-state index contributed by atoms with van der Waals surface area (Å²) in [5.41, 5.74) is 1.55. The van der Waals surface area contributed by atoms with E-state index in [1.807, 2.05) is 25.1 Å². The SMILES string of the molecule is CC1(C(=O)Nc2c[nH]c3ccc(O[C@H]4C[C@H](c5ccc(C(F)(F)F)cc5)C4)cc23)CCNCC1. The second kappa shape index (κ2) is 8.65. The minimum atomic E-state index is -4.32. The van der Waals surface area contributed by atoms with Crippen molar-refractivity contribution in [1.29, 1.82) is 0 Å². The standard InChI is InChI=1S/C26H28F3N3O2/c1-25(8-10-30-11-9-25)24(33)32-23-15-31-22-7-6-19(14-21(22)23)34-20-12-17(13-20)16-2-4-18(5-3-16)26(27,28)29/h2-7,14-15,17,20,30-31H,8-13H2,1H3,(H,32,33)/t17-,20-. The number of hydrogen-bond donors (Lipinski definition) is 3. The molecule has 8 heteroatoms. The number of H-pyrrole nitrogens is 1. The van der Waals surface area contributed by atoms with E-state index in [2.05, 4.69) is 15.6 Å². The van der Waals surface area contributed by atoms with Gasteiger partial charge < -0.3 is 20.4 Å². The van der Waals surface area contributed by atoms with Crippen LogP contribution in [0.15, 0.2) is 48.7 Å². The number of carbonyl (C=O) groups is 1. The van der Waals surface area contributed by atoms with Crippen molar-refractivity contribution in [3.05, 3.63) is 59.8 Å². The molecule has 2 aliphatic rings. The van der Waals surface area contributed by atoms with Crippen LogP contribution in [0.25, 0.3) is 10.9 Å². The monoisotopic (exact) mass is 471 g/mol. The molecule has 0 bridgehead atoms. The Morgan fingerprint density at radius 3 is 2.47 bits per heavy atom. The first kappa shape index (κ1) is 22.8. The van der Waals surface area contributed by atoms with Crippen molar-refractivity contribution in [2.45, 2.75) is 50.8 Å². The number of ether oxygens (including phenoxy) is 1. The van der Waals surface area contributed by atoms with Crippen LogP contribution < -0.4 is 15.4 Å². The van der Waals surface area contributed by atoms with Gasteiger partial charge in [-0.1, -0.05) is 19.1 Å². The topological polar surface area (TPSA) is 66.2 Å². The highest BCUT2D eigenvalue weighted by atomic mass is 19.4. The predicted molar refractivity (Wildman–Crippen MR) is 125 cm³/mol. The molecule has 0 radical (unpaired) electrons. The summed E-state index contributed by atoms with van der Waals surface area (Å²) in [6.45, 7) is 3.69. The number of amides is 1. The maximum atomic E-state index is 12.9. The Hall–Kier alpha value is -3.00. The van der Waals surface area contributed by atoms with Gasteiger partial charge >= 0.3 is 6.18 Å². The Morgan fingerprint density at radius 2 is 1.79 bits per heavy atom. The molecule has 1 aliphatic heterocycles. The molecule has 5 rings (SSSR count). The van der Waals surface area contributed by atoms with Crippen LogP contribution >= 0.6 is 0 Å². The van der Waals surface area contributed by atoms with Crippen LogP contribution in [0.1, 0.15) is 49.7 Å². The second-order valence-corrected chi connectivity index (χ2v) is 9.70. The van der Waals surface area contributed by atoms with Crippen LogP contribution in [0.4, 0.5) is 18.9 Å². The molecule has 5 nitrogen and oxygen atoms in total. The molecule has 1 saturated heterocycles. The van der Waals surface area contributed by atoms with E-state index in [9.17, 15) is 18.0 Å². The quantitative estimate of drug-likeness (QED) is 0.438. The number of halogens is 3. The summed E-state index contributed by atoms with van der Waals surface area (Å²) < 4.78 is 44.5. The van der Waals surface area contributed by atoms with Crippen LogP contribution in [-0.4, -0.2) is 30.1 Å². The van der Waals surface area contributed by atoms with E-state index in [0.717, 1.165) is 73.1 Å². The summed E-state index contributed by atoms with van der Waals surface area (Å²) in [7, 11) is 0. The van der Waals surface area contributed by atoms with Crippen LogP contribution in [0, 0.1) is 5.41 Å². The Balaban J connectivity index is 1.22. The summed E-state index contributed by atoms with van der Waals surface area (Å²) in [5, 5.41) is 7.28. The zero-order valence-electron chi connectivity index (χ0n) is 19.0. The number of aromatic nitrogens is 1. The number of nitrogens with one attached hydrogen (secondary N) is 3. The maximum absolute atomic E-state index is 12.9. The number of carbonyl (C=O) groups excluding carboxylic acids is 1. The Kier molecular flexibility index (Phi) is 5.80. The molecule has 3 N–H and O–H groups in total. The molecule has 3 aromatic rings. The fraction of sp³-hybridized carbons (Fsp3) is 0.423. The number of rotatable bonds is 5. The van der Waals surface area contributed by atoms with E-state index < -0.39 is 11.7 Å². The maximum Gasteiger partial charge on any atom is 0.416 e. The lowest BCUT2D eigenvalue weighted by Gasteiger charge is -2.36. The lowest BCUT2D eigenvalue weighted by Crippen LogP contribution is -2.42. The smallest absolute Gasteiger partial charge is 0.416 e. The van der Waals surface area contributed by atoms with E-state index >= 15 is 0 Å². The molecule has 2 aromatic carbocycles. The van der Waals surface area contributed by atoms with Gasteiger partial charge in [-0.2, -0.15) is 13.2 Å². The summed E-state index contributed by atoms with van der Waals surface area (Å²) in [6, 6.07) is 11.2. The summed E-state index contributed by atoms with van der Waals surface area (Å²) in [4.78, 5) is 16.1. The van der Waals surface area contributed by atoms with Gasteiger partial charge in [-0.15, -0.1) is 0 Å². The number of hydrogen-bond acceptors (Lipinski definition) is 3. The lowest BCUT2D eigenvalue weighted by atomic mass is 9.77. The molecule has 0 spiro atoms. The van der Waals surface area contributed by atoms with E-state index in [1.54, 1.807) is 18.3 Å². The Bertz CT molecular complexity index is 1170. The van der Waals surface area contributed by atoms with Gasteiger partial charge in [0.05, 0.1) is 17.4 Å². The summed E-state index contributed by atoms with van der Waals surface area (Å²) in [5.74, 6) is 0.940. The highest BCUT2D eigenvalue weighted by Crippen LogP contribution is 2.41. The van der Waals surface area contributed by atoms with Crippen LogP contribution in [0.2, 0.25) is 0 Å². The highest BCUT2D eigenvalue weighted by molar-refractivity contribution is 6.03. The van der Waals surface area contributed by atoms with Gasteiger partial charge in [-0.05, 0) is 80.6 Å². The normalized spacial score (nSPS) is 22.2. The van der Waals surface area contributed by atoms with E-state index in [-0.39, 0.29) is 23.3 Å². The van der Waals surface area contributed by atoms with Gasteiger partial charge in [0.1, 0.15) is 5.75 Å². The number of fused-ring (bicyclic) bond motifs is 1. The third-order valence-electron chi connectivity index (χ3n) is 7.26. The van der Waals surface area contributed by atoms with Crippen molar-refractivity contribution >= 4 is 22.5 Å². The zero-order valence-corrected chi connectivity index (χ0v) is 19.0. The third kappa shape index (κ3) is 4.51. The third-order valence-corrected chi connectivity index (χ3v) is 7.26. The van der Waals surface area contributed by atoms with Crippen molar-refractivity contribution in [2.24, 2.45) is 5.41 Å². The summed E-state index contributed by atoms with van der Waals surface area (Å²) >= 11 is 0. The molecule has 1 aromatic heterocycles. The van der Waals surface area contributed by atoms with Crippen LogP contribution in [0.5, 0.6) is 5.75 Å². The van der Waals surface area contributed by atoms with Crippen molar-refractivity contribution in [2.75, 3.05) is 18.4 Å². The Labute approximate surface area is 196 Å². The van der Waals surface area contributed by atoms with E-state index in [1.165, 1.54) is 0 Å². The highest BCUT2D eigenvalue weighted by Gasteiger charge is 2.36. The van der Waals surface area contributed by atoms with Crippen molar-refractivity contribution in [1.82, 2.24) is 10.3 Å². The summed E-state index contributed by atoms with van der Waals surface area (Å²) in [6.07, 6.45) is 0.620. The fourth-order valence-electron chi connectivity index (χ4n) is 4.83. The van der Waals surface area contributed by atoms with Crippen LogP contribution in [0.3, 0.4) is 0 Å². The lowest BCUT2D eigenvalue weighted by molar-refractivity contribution is -0.137. The molecule has 1 saturated carbocycles. The molecule has 2 heterocycles. The van der Waals surface area contributed by atoms with Gasteiger partial charge in [0.25, 0.3) is 0 Å². The van der Waals surface area contributed by atoms with Crippen molar-refractivity contribution < 1.29 is 22.7 Å². The number of anilines is 1. The fourth-order valence-corrected chi connectivity index (χ4v) is 4.83. The number of benzene rings is 2. The number of aromatic amines is 1. The molecular formula is C26H28F3N3O2. The van der Waals surface area contributed by atoms with E-state index in [4.69, 9.17) is 4.74 Å². The minimum absolute atomic E-state index is 0.00961. The zero-order chi connectivity index (χ0) is 23.9. The molecule has 0 unspecified atom stereocenters. The largest absolute Gasteiger partial charge is 0.490 e. The molecule has 1 aliphatic carbocycles. The Morgan fingerprint density at radius 1 is 1.09 bits per heavy atom. The van der Waals surface area contributed by atoms with Gasteiger partial charge in [-0.25, -0.2) is 0 Å². The van der Waals surface area contributed by atoms with E-state index in [0.29, 0.717) is 5.75 Å². The van der Waals surface area contributed by atoms with Crippen LogP contribution in [-0.2, 0) is 11.0 Å². The average molecular weight is 472 g/mol. The first-order chi connectivity index (χ1) is 16.2. The predicted octanol–water partition coefficient (Wildman–Crippen LogP) is 5.84. The minimum Gasteiger partial charge on any atom is -0.490 e. The molecule has 180 valence electrons.